The number of benzene rings is 2. The van der Waals surface area contributed by atoms with Gasteiger partial charge in [0.25, 0.3) is 0 Å². The van der Waals surface area contributed by atoms with Crippen LogP contribution in [-0.4, -0.2) is 37.9 Å². The lowest BCUT2D eigenvalue weighted by Crippen LogP contribution is -2.42. The fraction of sp³-hybridized carbons (Fsp3) is 0.263. The van der Waals surface area contributed by atoms with Gasteiger partial charge in [0, 0.05) is 23.5 Å². The van der Waals surface area contributed by atoms with E-state index in [9.17, 15) is 35.2 Å². The Balaban J connectivity index is 1.61. The SMILES string of the molecule is O=C(N/N=C\c1c(F)c(F)c(F)c(F)c1F)C1CCN(S(=O)(=O)c2ccc(Br)cc2)CC1. The van der Waals surface area contributed by atoms with Crippen molar-refractivity contribution in [2.45, 2.75) is 17.7 Å². The number of nitrogens with one attached hydrogen (secondary N) is 1. The molecule has 2 aromatic rings. The fourth-order valence-corrected chi connectivity index (χ4v) is 4.83. The van der Waals surface area contributed by atoms with Crippen LogP contribution in [0.25, 0.3) is 0 Å². The molecule has 3 rings (SSSR count). The predicted octanol–water partition coefficient (Wildman–Crippen LogP) is 3.70. The standard InChI is InChI=1S/C19H15BrF5N3O3S/c20-11-1-3-12(4-2-11)32(30,31)28-7-5-10(6-8-28)19(29)27-26-9-13-14(21)16(23)18(25)17(24)15(13)22/h1-4,9-10H,5-8H2,(H,27,29)/b26-9-. The second kappa shape index (κ2) is 9.63. The summed E-state index contributed by atoms with van der Waals surface area (Å²) in [5, 5.41) is 3.28. The third kappa shape index (κ3) is 4.84. The highest BCUT2D eigenvalue weighted by Gasteiger charge is 2.32. The number of hydrogen-bond acceptors (Lipinski definition) is 4. The molecule has 13 heteroatoms. The Morgan fingerprint density at radius 2 is 1.47 bits per heavy atom. The van der Waals surface area contributed by atoms with Gasteiger partial charge in [0.2, 0.25) is 21.7 Å². The summed E-state index contributed by atoms with van der Waals surface area (Å²) in [6.45, 7) is 0.107. The largest absolute Gasteiger partial charge is 0.273 e. The van der Waals surface area contributed by atoms with E-state index in [1.807, 2.05) is 5.43 Å². The number of carbonyl (C=O) groups excluding carboxylic acids is 1. The molecule has 1 heterocycles. The van der Waals surface area contributed by atoms with Gasteiger partial charge in [-0.25, -0.2) is 35.8 Å². The molecule has 0 radical (unpaired) electrons. The van der Waals surface area contributed by atoms with Crippen molar-refractivity contribution in [2.24, 2.45) is 11.0 Å². The van der Waals surface area contributed by atoms with Gasteiger partial charge >= 0.3 is 0 Å². The normalized spacial score (nSPS) is 15.9. The van der Waals surface area contributed by atoms with Crippen LogP contribution in [0.3, 0.4) is 0 Å². The van der Waals surface area contributed by atoms with Crippen molar-refractivity contribution in [1.82, 2.24) is 9.73 Å². The highest BCUT2D eigenvalue weighted by molar-refractivity contribution is 9.10. The van der Waals surface area contributed by atoms with Crippen LogP contribution in [0.1, 0.15) is 18.4 Å². The van der Waals surface area contributed by atoms with Crippen LogP contribution in [0.5, 0.6) is 0 Å². The zero-order valence-electron chi connectivity index (χ0n) is 16.1. The molecule has 0 aliphatic carbocycles. The highest BCUT2D eigenvalue weighted by Crippen LogP contribution is 2.25. The number of hydrazone groups is 1. The van der Waals surface area contributed by atoms with Crippen LogP contribution < -0.4 is 5.43 Å². The number of amides is 1. The minimum absolute atomic E-state index is 0.0534. The molecule has 172 valence electrons. The summed E-state index contributed by atoms with van der Waals surface area (Å²) < 4.78 is 93.9. The van der Waals surface area contributed by atoms with E-state index in [1.165, 1.54) is 16.4 Å². The van der Waals surface area contributed by atoms with Gasteiger partial charge in [-0.05, 0) is 37.1 Å². The van der Waals surface area contributed by atoms with E-state index >= 15 is 0 Å². The van der Waals surface area contributed by atoms with Crippen molar-refractivity contribution in [3.05, 3.63) is 63.4 Å². The fourth-order valence-electron chi connectivity index (χ4n) is 3.10. The van der Waals surface area contributed by atoms with Crippen LogP contribution in [-0.2, 0) is 14.8 Å². The molecule has 1 N–H and O–H groups in total. The molecule has 1 saturated heterocycles. The van der Waals surface area contributed by atoms with Gasteiger partial charge in [-0.1, -0.05) is 15.9 Å². The molecule has 1 fully saturated rings. The van der Waals surface area contributed by atoms with E-state index in [0.717, 1.165) is 4.47 Å². The maximum Gasteiger partial charge on any atom is 0.243 e. The first-order valence-electron chi connectivity index (χ1n) is 9.14. The Kier molecular flexibility index (Phi) is 7.30. The molecule has 1 aliphatic rings. The van der Waals surface area contributed by atoms with Gasteiger partial charge in [0.1, 0.15) is 0 Å². The smallest absolute Gasteiger partial charge is 0.243 e. The van der Waals surface area contributed by atoms with Crippen molar-refractivity contribution in [2.75, 3.05) is 13.1 Å². The van der Waals surface area contributed by atoms with Gasteiger partial charge in [-0.3, -0.25) is 4.79 Å². The van der Waals surface area contributed by atoms with Gasteiger partial charge in [0.05, 0.1) is 16.7 Å². The first kappa shape index (κ1) is 24.3. The Bertz CT molecular complexity index is 1140. The van der Waals surface area contributed by atoms with E-state index in [0.29, 0.717) is 6.21 Å². The topological polar surface area (TPSA) is 78.8 Å². The summed E-state index contributed by atoms with van der Waals surface area (Å²) >= 11 is 3.23. The third-order valence-corrected chi connectivity index (χ3v) is 7.33. The molecule has 6 nitrogen and oxygen atoms in total. The van der Waals surface area contributed by atoms with Crippen molar-refractivity contribution < 1.29 is 35.2 Å². The van der Waals surface area contributed by atoms with Crippen molar-refractivity contribution in [1.29, 1.82) is 0 Å². The zero-order valence-corrected chi connectivity index (χ0v) is 18.5. The number of nitrogens with zero attached hydrogens (tertiary/aromatic N) is 2. The lowest BCUT2D eigenvalue weighted by Gasteiger charge is -2.30. The molecule has 1 amide bonds. The molecule has 0 atom stereocenters. The first-order chi connectivity index (χ1) is 15.0. The summed E-state index contributed by atoms with van der Waals surface area (Å²) in [5.74, 6) is -12.0. The Labute approximate surface area is 188 Å². The average molecular weight is 540 g/mol. The Morgan fingerprint density at radius 1 is 0.969 bits per heavy atom. The summed E-state index contributed by atoms with van der Waals surface area (Å²) in [6.07, 6.45) is 0.626. The van der Waals surface area contributed by atoms with Crippen molar-refractivity contribution >= 4 is 38.1 Å². The second-order valence-corrected chi connectivity index (χ2v) is 9.70. The third-order valence-electron chi connectivity index (χ3n) is 4.89. The van der Waals surface area contributed by atoms with E-state index in [-0.39, 0.29) is 30.8 Å². The molecule has 32 heavy (non-hydrogen) atoms. The molecule has 1 aliphatic heterocycles. The van der Waals surface area contributed by atoms with E-state index in [4.69, 9.17) is 0 Å². The number of sulfonamides is 1. The van der Waals surface area contributed by atoms with Crippen molar-refractivity contribution in [3.8, 4) is 0 Å². The minimum atomic E-state index is -3.74. The van der Waals surface area contributed by atoms with E-state index < -0.39 is 56.5 Å². The number of piperidine rings is 1. The first-order valence-corrected chi connectivity index (χ1v) is 11.4. The predicted molar refractivity (Wildman–Crippen MR) is 108 cm³/mol. The van der Waals surface area contributed by atoms with E-state index in [1.54, 1.807) is 12.1 Å². The Morgan fingerprint density at radius 3 is 2.00 bits per heavy atom. The lowest BCUT2D eigenvalue weighted by atomic mass is 9.98. The maximum absolute atomic E-state index is 13.6. The van der Waals surface area contributed by atoms with E-state index in [2.05, 4.69) is 21.0 Å². The summed E-state index contributed by atoms with van der Waals surface area (Å²) in [4.78, 5) is 12.3. The number of hydrogen-bond donors (Lipinski definition) is 1. The Hall–Kier alpha value is -2.38. The molecule has 0 spiro atoms. The second-order valence-electron chi connectivity index (χ2n) is 6.85. The van der Waals surface area contributed by atoms with Crippen LogP contribution in [0.4, 0.5) is 22.0 Å². The monoisotopic (exact) mass is 539 g/mol. The zero-order chi connectivity index (χ0) is 23.6. The van der Waals surface area contributed by atoms with Gasteiger partial charge in [0.15, 0.2) is 23.3 Å². The van der Waals surface area contributed by atoms with Crippen molar-refractivity contribution in [3.63, 3.8) is 0 Å². The van der Waals surface area contributed by atoms with Gasteiger partial charge in [-0.15, -0.1) is 0 Å². The number of halogens is 6. The molecule has 0 aromatic heterocycles. The molecular formula is C19H15BrF5N3O3S. The quantitative estimate of drug-likeness (QED) is 0.207. The summed E-state index contributed by atoms with van der Waals surface area (Å²) in [7, 11) is -3.74. The minimum Gasteiger partial charge on any atom is -0.273 e. The summed E-state index contributed by atoms with van der Waals surface area (Å²) in [5.41, 5.74) is 0.691. The average Bonchev–Trinajstić information content (AvgIpc) is 2.79. The highest BCUT2D eigenvalue weighted by atomic mass is 79.9. The van der Waals surface area contributed by atoms with Crippen LogP contribution in [0, 0.1) is 35.0 Å². The number of rotatable bonds is 5. The molecular weight excluding hydrogens is 525 g/mol. The summed E-state index contributed by atoms with van der Waals surface area (Å²) in [6, 6.07) is 6.09. The molecule has 0 bridgehead atoms. The maximum atomic E-state index is 13.6. The van der Waals surface area contributed by atoms with Gasteiger partial charge in [-0.2, -0.15) is 9.41 Å². The molecule has 0 unspecified atom stereocenters. The van der Waals surface area contributed by atoms with Crippen LogP contribution in [0.15, 0.2) is 38.7 Å². The van der Waals surface area contributed by atoms with Gasteiger partial charge < -0.3 is 0 Å². The number of carbonyl (C=O) groups is 1. The molecule has 2 aromatic carbocycles. The van der Waals surface area contributed by atoms with Crippen LogP contribution in [0.2, 0.25) is 0 Å². The lowest BCUT2D eigenvalue weighted by molar-refractivity contribution is -0.126. The van der Waals surface area contributed by atoms with Crippen LogP contribution >= 0.6 is 15.9 Å². The molecule has 0 saturated carbocycles.